The summed E-state index contributed by atoms with van der Waals surface area (Å²) < 4.78 is 13.6. The second-order valence-corrected chi connectivity index (χ2v) is 5.31. The van der Waals surface area contributed by atoms with Crippen molar-refractivity contribution in [3.8, 4) is 0 Å². The summed E-state index contributed by atoms with van der Waals surface area (Å²) in [6.45, 7) is 6.67. The van der Waals surface area contributed by atoms with Gasteiger partial charge >= 0.3 is 0 Å². The van der Waals surface area contributed by atoms with Crippen LogP contribution in [-0.2, 0) is 6.42 Å². The maximum Gasteiger partial charge on any atom is 0.123 e. The minimum Gasteiger partial charge on any atom is -0.306 e. The number of hydrogen-bond acceptors (Lipinski definition) is 3. The van der Waals surface area contributed by atoms with Crippen LogP contribution < -0.4 is 5.32 Å². The minimum atomic E-state index is -0.297. The molecule has 1 unspecified atom stereocenters. The summed E-state index contributed by atoms with van der Waals surface area (Å²) in [5, 5.41) is 12.3. The molecule has 0 radical (unpaired) electrons. The van der Waals surface area contributed by atoms with E-state index in [2.05, 4.69) is 15.5 Å². The molecule has 112 valence electrons. The number of halogens is 2. The summed E-state index contributed by atoms with van der Waals surface area (Å²) in [7, 11) is 0. The average Bonchev–Trinajstić information content (AvgIpc) is 2.47. The van der Waals surface area contributed by atoms with E-state index in [1.807, 2.05) is 26.8 Å². The van der Waals surface area contributed by atoms with E-state index in [0.29, 0.717) is 5.02 Å². The minimum absolute atomic E-state index is 0.192. The van der Waals surface area contributed by atoms with E-state index in [0.717, 1.165) is 35.5 Å². The fourth-order valence-electron chi connectivity index (χ4n) is 2.39. The van der Waals surface area contributed by atoms with Crippen molar-refractivity contribution in [3.05, 3.63) is 57.6 Å². The van der Waals surface area contributed by atoms with Gasteiger partial charge in [0.15, 0.2) is 0 Å². The van der Waals surface area contributed by atoms with Gasteiger partial charge in [0.05, 0.1) is 17.4 Å². The zero-order valence-electron chi connectivity index (χ0n) is 12.5. The van der Waals surface area contributed by atoms with Gasteiger partial charge in [0.1, 0.15) is 5.82 Å². The normalized spacial score (nSPS) is 12.4. The second kappa shape index (κ2) is 6.96. The molecule has 0 fully saturated rings. The molecule has 0 aliphatic rings. The number of nitrogens with zero attached hydrogens (tertiary/aromatic N) is 2. The van der Waals surface area contributed by atoms with E-state index >= 15 is 0 Å². The molecule has 0 spiro atoms. The van der Waals surface area contributed by atoms with Crippen LogP contribution in [0.3, 0.4) is 0 Å². The SMILES string of the molecule is CCNC(c1cc(F)ccc1Cl)c1cc(C)nnc1CC. The molecule has 1 aromatic carbocycles. The number of nitrogens with one attached hydrogen (secondary N) is 1. The van der Waals surface area contributed by atoms with Crippen molar-refractivity contribution >= 4 is 11.6 Å². The molecule has 1 atom stereocenters. The molecule has 1 aromatic heterocycles. The monoisotopic (exact) mass is 307 g/mol. The van der Waals surface area contributed by atoms with E-state index in [9.17, 15) is 4.39 Å². The lowest BCUT2D eigenvalue weighted by molar-refractivity contribution is 0.596. The zero-order chi connectivity index (χ0) is 15.4. The topological polar surface area (TPSA) is 37.8 Å². The molecule has 0 amide bonds. The number of benzene rings is 1. The summed E-state index contributed by atoms with van der Waals surface area (Å²) in [5.41, 5.74) is 3.45. The van der Waals surface area contributed by atoms with Crippen molar-refractivity contribution in [2.75, 3.05) is 6.54 Å². The van der Waals surface area contributed by atoms with Crippen LogP contribution in [0, 0.1) is 12.7 Å². The molecule has 5 heteroatoms. The van der Waals surface area contributed by atoms with Crippen LogP contribution in [0.4, 0.5) is 4.39 Å². The van der Waals surface area contributed by atoms with Gasteiger partial charge in [-0.25, -0.2) is 4.39 Å². The molecule has 0 aliphatic heterocycles. The van der Waals surface area contributed by atoms with Crippen molar-refractivity contribution in [1.82, 2.24) is 15.5 Å². The Hall–Kier alpha value is -1.52. The Kier molecular flexibility index (Phi) is 5.26. The van der Waals surface area contributed by atoms with E-state index in [-0.39, 0.29) is 11.9 Å². The Morgan fingerprint density at radius 2 is 1.95 bits per heavy atom. The highest BCUT2D eigenvalue weighted by Crippen LogP contribution is 2.30. The van der Waals surface area contributed by atoms with Crippen LogP contribution in [0.25, 0.3) is 0 Å². The van der Waals surface area contributed by atoms with Crippen LogP contribution in [0.1, 0.15) is 42.4 Å². The van der Waals surface area contributed by atoms with Crippen molar-refractivity contribution in [1.29, 1.82) is 0 Å². The average molecular weight is 308 g/mol. The van der Waals surface area contributed by atoms with E-state index in [4.69, 9.17) is 11.6 Å². The molecule has 0 aliphatic carbocycles. The molecule has 0 saturated carbocycles. The van der Waals surface area contributed by atoms with Gasteiger partial charge in [0.2, 0.25) is 0 Å². The molecule has 3 nitrogen and oxygen atoms in total. The lowest BCUT2D eigenvalue weighted by atomic mass is 9.96. The van der Waals surface area contributed by atoms with Gasteiger partial charge in [0.25, 0.3) is 0 Å². The van der Waals surface area contributed by atoms with Gasteiger partial charge in [-0.3, -0.25) is 0 Å². The number of aryl methyl sites for hydroxylation is 2. The summed E-state index contributed by atoms with van der Waals surface area (Å²) >= 11 is 6.27. The van der Waals surface area contributed by atoms with Gasteiger partial charge in [0, 0.05) is 5.02 Å². The fraction of sp³-hybridized carbons (Fsp3) is 0.375. The quantitative estimate of drug-likeness (QED) is 0.912. The Bertz CT molecular complexity index is 631. The van der Waals surface area contributed by atoms with E-state index in [1.54, 1.807) is 6.07 Å². The molecule has 1 heterocycles. The summed E-state index contributed by atoms with van der Waals surface area (Å²) in [4.78, 5) is 0. The van der Waals surface area contributed by atoms with Crippen molar-refractivity contribution in [2.45, 2.75) is 33.2 Å². The predicted molar refractivity (Wildman–Crippen MR) is 83.1 cm³/mol. The Balaban J connectivity index is 2.58. The Labute approximate surface area is 129 Å². The first-order chi connectivity index (χ1) is 10.1. The third-order valence-electron chi connectivity index (χ3n) is 3.35. The molecule has 2 aromatic rings. The van der Waals surface area contributed by atoms with Gasteiger partial charge in [-0.1, -0.05) is 25.4 Å². The maximum atomic E-state index is 13.6. The smallest absolute Gasteiger partial charge is 0.123 e. The Morgan fingerprint density at radius 3 is 2.62 bits per heavy atom. The molecule has 0 bridgehead atoms. The highest BCUT2D eigenvalue weighted by atomic mass is 35.5. The van der Waals surface area contributed by atoms with Crippen LogP contribution in [-0.4, -0.2) is 16.7 Å². The summed E-state index contributed by atoms with van der Waals surface area (Å²) in [6.07, 6.45) is 0.761. The van der Waals surface area contributed by atoms with Gasteiger partial charge < -0.3 is 5.32 Å². The first-order valence-electron chi connectivity index (χ1n) is 7.08. The van der Waals surface area contributed by atoms with Gasteiger partial charge in [-0.05, 0) is 55.3 Å². The van der Waals surface area contributed by atoms with Crippen molar-refractivity contribution in [2.24, 2.45) is 0 Å². The van der Waals surface area contributed by atoms with Gasteiger partial charge in [-0.2, -0.15) is 10.2 Å². The first-order valence-corrected chi connectivity index (χ1v) is 7.46. The third kappa shape index (κ3) is 3.57. The van der Waals surface area contributed by atoms with E-state index in [1.165, 1.54) is 12.1 Å². The highest BCUT2D eigenvalue weighted by Gasteiger charge is 2.20. The Morgan fingerprint density at radius 1 is 1.19 bits per heavy atom. The highest BCUT2D eigenvalue weighted by molar-refractivity contribution is 6.31. The fourth-order valence-corrected chi connectivity index (χ4v) is 2.61. The molecule has 0 saturated heterocycles. The summed E-state index contributed by atoms with van der Waals surface area (Å²) in [5.74, 6) is -0.297. The third-order valence-corrected chi connectivity index (χ3v) is 3.69. The van der Waals surface area contributed by atoms with Gasteiger partial charge in [-0.15, -0.1) is 0 Å². The summed E-state index contributed by atoms with van der Waals surface area (Å²) in [6, 6.07) is 6.22. The van der Waals surface area contributed by atoms with Crippen LogP contribution in [0.2, 0.25) is 5.02 Å². The van der Waals surface area contributed by atoms with Crippen LogP contribution in [0.15, 0.2) is 24.3 Å². The lowest BCUT2D eigenvalue weighted by Gasteiger charge is -2.22. The molecule has 21 heavy (non-hydrogen) atoms. The largest absolute Gasteiger partial charge is 0.306 e. The lowest BCUT2D eigenvalue weighted by Crippen LogP contribution is -2.24. The predicted octanol–water partition coefficient (Wildman–Crippen LogP) is 3.84. The van der Waals surface area contributed by atoms with Crippen LogP contribution in [0.5, 0.6) is 0 Å². The van der Waals surface area contributed by atoms with E-state index < -0.39 is 0 Å². The molecular formula is C16H19ClFN3. The molecule has 2 rings (SSSR count). The maximum absolute atomic E-state index is 13.6. The second-order valence-electron chi connectivity index (χ2n) is 4.90. The van der Waals surface area contributed by atoms with Crippen molar-refractivity contribution < 1.29 is 4.39 Å². The number of aromatic nitrogens is 2. The molecular weight excluding hydrogens is 289 g/mol. The zero-order valence-corrected chi connectivity index (χ0v) is 13.2. The number of hydrogen-bond donors (Lipinski definition) is 1. The number of rotatable bonds is 5. The molecule has 1 N–H and O–H groups in total. The van der Waals surface area contributed by atoms with Crippen molar-refractivity contribution in [3.63, 3.8) is 0 Å². The van der Waals surface area contributed by atoms with Crippen LogP contribution >= 0.6 is 11.6 Å². The standard InChI is InChI=1S/C16H19ClFN3/c1-4-15-13(8-10(3)20-21-15)16(19-5-2)12-9-11(18)6-7-14(12)17/h6-9,16,19H,4-5H2,1-3H3. The first kappa shape index (κ1) is 15.9.